The van der Waals surface area contributed by atoms with Crippen molar-refractivity contribution in [3.05, 3.63) is 108 Å². The molecule has 5 nitrogen and oxygen atoms in total. The molecule has 2 saturated heterocycles. The lowest BCUT2D eigenvalue weighted by Gasteiger charge is -2.48. The van der Waals surface area contributed by atoms with Crippen molar-refractivity contribution in [1.82, 2.24) is 10.2 Å². The van der Waals surface area contributed by atoms with Crippen molar-refractivity contribution >= 4 is 0 Å². The highest BCUT2D eigenvalue weighted by molar-refractivity contribution is 5.16. The highest BCUT2D eigenvalue weighted by Crippen LogP contribution is 2.29. The van der Waals surface area contributed by atoms with Crippen LogP contribution in [-0.4, -0.2) is 55.4 Å². The molecule has 0 spiro atoms. The lowest BCUT2D eigenvalue weighted by molar-refractivity contribution is -0.202. The fraction of sp³-hybridized carbons (Fsp3) is 0.455. The van der Waals surface area contributed by atoms with Crippen molar-refractivity contribution in [1.29, 1.82) is 0 Å². The second kappa shape index (κ2) is 14.0. The quantitative estimate of drug-likeness (QED) is 0.369. The number of hydrogen-bond donors (Lipinski definition) is 1. The first-order chi connectivity index (χ1) is 18.8. The number of benzene rings is 3. The minimum absolute atomic E-state index is 0.0903. The predicted octanol–water partition coefficient (Wildman–Crippen LogP) is 5.45. The first-order valence-electron chi connectivity index (χ1n) is 14.2. The van der Waals surface area contributed by atoms with Gasteiger partial charge in [0.1, 0.15) is 12.2 Å². The second-order valence-electron chi connectivity index (χ2n) is 10.8. The maximum absolute atomic E-state index is 6.72. The Morgan fingerprint density at radius 3 is 1.76 bits per heavy atom. The number of ether oxygens (including phenoxy) is 3. The van der Waals surface area contributed by atoms with Crippen LogP contribution in [0, 0.1) is 5.92 Å². The zero-order valence-electron chi connectivity index (χ0n) is 22.6. The molecule has 0 amide bonds. The van der Waals surface area contributed by atoms with Gasteiger partial charge in [-0.25, -0.2) is 0 Å². The third kappa shape index (κ3) is 7.52. The molecule has 5 rings (SSSR count). The third-order valence-electron chi connectivity index (χ3n) is 7.93. The zero-order chi connectivity index (χ0) is 26.0. The molecule has 2 aliphatic rings. The van der Waals surface area contributed by atoms with Gasteiger partial charge in [-0.3, -0.25) is 4.90 Å². The van der Waals surface area contributed by atoms with Crippen LogP contribution in [0.1, 0.15) is 36.5 Å². The number of nitrogens with zero attached hydrogens (tertiary/aromatic N) is 1. The monoisotopic (exact) mass is 514 g/mol. The Kier molecular flexibility index (Phi) is 9.98. The van der Waals surface area contributed by atoms with Gasteiger partial charge in [-0.1, -0.05) is 91.0 Å². The van der Waals surface area contributed by atoms with E-state index in [-0.39, 0.29) is 24.4 Å². The summed E-state index contributed by atoms with van der Waals surface area (Å²) in [6, 6.07) is 31.5. The standard InChI is InChI=1S/C33H42N2O3/c1-26-32(37-24-28-14-7-3-8-15-28)33(38-25-29-16-9-4-10-17-29)31(36-23-27-12-5-2-6-13-27)22-35(26)21-30-18-11-19-34-20-30/h2-10,12-17,26,30-34H,11,18-25H2,1H3/t26-,30+,31+,32-,33-/m1/s1. The van der Waals surface area contributed by atoms with Gasteiger partial charge in [0.05, 0.1) is 25.9 Å². The van der Waals surface area contributed by atoms with Crippen LogP contribution >= 0.6 is 0 Å². The minimum Gasteiger partial charge on any atom is -0.369 e. The SMILES string of the molecule is C[C@@H]1[C@@H](OCc2ccccc2)[C@H](OCc2ccccc2)[C@@H](OCc2ccccc2)CN1C[C@H]1CCCNC1. The van der Waals surface area contributed by atoms with Gasteiger partial charge in [-0.15, -0.1) is 0 Å². The Morgan fingerprint density at radius 1 is 0.711 bits per heavy atom. The van der Waals surface area contributed by atoms with Gasteiger partial charge in [0.15, 0.2) is 0 Å². The molecular formula is C33H42N2O3. The summed E-state index contributed by atoms with van der Waals surface area (Å²) in [5.74, 6) is 0.650. The summed E-state index contributed by atoms with van der Waals surface area (Å²) in [5, 5.41) is 3.59. The van der Waals surface area contributed by atoms with E-state index in [9.17, 15) is 0 Å². The van der Waals surface area contributed by atoms with E-state index >= 15 is 0 Å². The molecule has 2 aliphatic heterocycles. The fourth-order valence-corrected chi connectivity index (χ4v) is 5.74. The third-order valence-corrected chi connectivity index (χ3v) is 7.93. The molecule has 38 heavy (non-hydrogen) atoms. The Balaban J connectivity index is 1.36. The summed E-state index contributed by atoms with van der Waals surface area (Å²) in [6.45, 7) is 8.08. The van der Waals surface area contributed by atoms with Gasteiger partial charge in [-0.05, 0) is 55.5 Å². The number of likely N-dealkylation sites (tertiary alicyclic amines) is 1. The summed E-state index contributed by atoms with van der Waals surface area (Å²) < 4.78 is 20.1. The van der Waals surface area contributed by atoms with Gasteiger partial charge in [-0.2, -0.15) is 0 Å². The van der Waals surface area contributed by atoms with Crippen LogP contribution in [0.25, 0.3) is 0 Å². The Bertz CT molecular complexity index is 1060. The van der Waals surface area contributed by atoms with Crippen molar-refractivity contribution in [2.45, 2.75) is 63.9 Å². The van der Waals surface area contributed by atoms with Crippen LogP contribution in [0.15, 0.2) is 91.0 Å². The molecule has 3 aromatic carbocycles. The van der Waals surface area contributed by atoms with Crippen molar-refractivity contribution in [3.63, 3.8) is 0 Å². The predicted molar refractivity (Wildman–Crippen MR) is 152 cm³/mol. The first kappa shape index (κ1) is 27.0. The molecule has 0 radical (unpaired) electrons. The molecule has 0 saturated carbocycles. The number of rotatable bonds is 11. The fourth-order valence-electron chi connectivity index (χ4n) is 5.74. The lowest BCUT2D eigenvalue weighted by Crippen LogP contribution is -2.63. The van der Waals surface area contributed by atoms with Crippen LogP contribution < -0.4 is 5.32 Å². The molecule has 1 N–H and O–H groups in total. The molecule has 5 atom stereocenters. The molecule has 2 heterocycles. The second-order valence-corrected chi connectivity index (χ2v) is 10.8. The summed E-state index contributed by atoms with van der Waals surface area (Å²) in [5.41, 5.74) is 3.52. The zero-order valence-corrected chi connectivity index (χ0v) is 22.6. The molecule has 202 valence electrons. The molecule has 5 heteroatoms. The van der Waals surface area contributed by atoms with Gasteiger partial charge >= 0.3 is 0 Å². The van der Waals surface area contributed by atoms with E-state index in [1.54, 1.807) is 0 Å². The van der Waals surface area contributed by atoms with Crippen LogP contribution in [-0.2, 0) is 34.0 Å². The highest BCUT2D eigenvalue weighted by atomic mass is 16.6. The molecule has 0 aromatic heterocycles. The maximum atomic E-state index is 6.72. The van der Waals surface area contributed by atoms with E-state index < -0.39 is 0 Å². The van der Waals surface area contributed by atoms with Gasteiger partial charge < -0.3 is 19.5 Å². The van der Waals surface area contributed by atoms with Crippen LogP contribution in [0.2, 0.25) is 0 Å². The van der Waals surface area contributed by atoms with Crippen molar-refractivity contribution < 1.29 is 14.2 Å². The van der Waals surface area contributed by atoms with E-state index in [1.165, 1.54) is 29.5 Å². The molecule has 0 unspecified atom stereocenters. The van der Waals surface area contributed by atoms with E-state index in [2.05, 4.69) is 89.9 Å². The van der Waals surface area contributed by atoms with Crippen LogP contribution in [0.5, 0.6) is 0 Å². The highest BCUT2D eigenvalue weighted by Gasteiger charge is 2.44. The molecule has 2 fully saturated rings. The summed E-state index contributed by atoms with van der Waals surface area (Å²) >= 11 is 0. The topological polar surface area (TPSA) is 43.0 Å². The molecule has 3 aromatic rings. The average molecular weight is 515 g/mol. The van der Waals surface area contributed by atoms with E-state index in [1.807, 2.05) is 18.2 Å². The number of nitrogens with one attached hydrogen (secondary N) is 1. The molecule has 0 bridgehead atoms. The summed E-state index contributed by atoms with van der Waals surface area (Å²) in [6.07, 6.45) is 2.16. The summed E-state index contributed by atoms with van der Waals surface area (Å²) in [7, 11) is 0. The van der Waals surface area contributed by atoms with Crippen molar-refractivity contribution in [2.75, 3.05) is 26.2 Å². The maximum Gasteiger partial charge on any atom is 0.113 e. The number of piperidine rings is 2. The molecular weight excluding hydrogens is 472 g/mol. The molecule has 0 aliphatic carbocycles. The van der Waals surface area contributed by atoms with E-state index in [0.29, 0.717) is 25.7 Å². The van der Waals surface area contributed by atoms with Crippen LogP contribution in [0.3, 0.4) is 0 Å². The summed E-state index contributed by atoms with van der Waals surface area (Å²) in [4.78, 5) is 2.59. The van der Waals surface area contributed by atoms with Gasteiger partial charge in [0.2, 0.25) is 0 Å². The Hall–Kier alpha value is -2.54. The first-order valence-corrected chi connectivity index (χ1v) is 14.2. The minimum atomic E-state index is -0.168. The Labute approximate surface area is 228 Å². The van der Waals surface area contributed by atoms with Crippen molar-refractivity contribution in [3.8, 4) is 0 Å². The van der Waals surface area contributed by atoms with E-state index in [4.69, 9.17) is 14.2 Å². The van der Waals surface area contributed by atoms with E-state index in [0.717, 1.165) is 26.2 Å². The van der Waals surface area contributed by atoms with Gasteiger partial charge in [0.25, 0.3) is 0 Å². The van der Waals surface area contributed by atoms with Crippen molar-refractivity contribution in [2.24, 2.45) is 5.92 Å². The normalized spacial score (nSPS) is 26.3. The average Bonchev–Trinajstić information content (AvgIpc) is 2.98. The Morgan fingerprint density at radius 2 is 1.24 bits per heavy atom. The largest absolute Gasteiger partial charge is 0.369 e. The van der Waals surface area contributed by atoms with Crippen LogP contribution in [0.4, 0.5) is 0 Å². The number of hydrogen-bond acceptors (Lipinski definition) is 5. The lowest BCUT2D eigenvalue weighted by atomic mass is 9.91. The smallest absolute Gasteiger partial charge is 0.113 e. The van der Waals surface area contributed by atoms with Gasteiger partial charge in [0, 0.05) is 19.1 Å².